The number of hydrogen-bond donors (Lipinski definition) is 1. The van der Waals surface area contributed by atoms with Crippen molar-refractivity contribution >= 4 is 23.3 Å². The Morgan fingerprint density at radius 3 is 2.95 bits per heavy atom. The van der Waals surface area contributed by atoms with E-state index < -0.39 is 0 Å². The lowest BCUT2D eigenvalue weighted by Gasteiger charge is -2.48. The topological polar surface area (TPSA) is 50.8 Å². The zero-order valence-electron chi connectivity index (χ0n) is 12.4. The van der Waals surface area contributed by atoms with Gasteiger partial charge in [0.25, 0.3) is 0 Å². The largest absolute Gasteiger partial charge is 0.491 e. The van der Waals surface area contributed by atoms with Gasteiger partial charge in [0.05, 0.1) is 31.0 Å². The molecule has 1 N–H and O–H groups in total. The minimum absolute atomic E-state index is 0.0949. The maximum Gasteiger partial charge on any atom is 0.322 e. The van der Waals surface area contributed by atoms with E-state index >= 15 is 0 Å². The molecule has 1 aliphatic carbocycles. The first-order valence-electron chi connectivity index (χ1n) is 7.80. The number of fused-ring (bicyclic) bond motifs is 1. The van der Waals surface area contributed by atoms with Crippen LogP contribution in [-0.4, -0.2) is 42.8 Å². The Morgan fingerprint density at radius 1 is 1.32 bits per heavy atom. The number of morpholine rings is 1. The number of hydrogen-bond acceptors (Lipinski definition) is 3. The predicted molar refractivity (Wildman–Crippen MR) is 83.8 cm³/mol. The molecule has 3 aliphatic rings. The van der Waals surface area contributed by atoms with Gasteiger partial charge in [-0.3, -0.25) is 0 Å². The Balaban J connectivity index is 1.50. The number of benzene rings is 1. The molecule has 5 nitrogen and oxygen atoms in total. The fourth-order valence-electron chi connectivity index (χ4n) is 3.45. The number of carbonyl (C=O) groups is 1. The van der Waals surface area contributed by atoms with Crippen LogP contribution in [0.15, 0.2) is 12.1 Å². The maximum atomic E-state index is 12.6. The lowest BCUT2D eigenvalue weighted by molar-refractivity contribution is -0.140. The summed E-state index contributed by atoms with van der Waals surface area (Å²) in [6.07, 6.45) is 4.11. The van der Waals surface area contributed by atoms with Gasteiger partial charge in [-0.05, 0) is 31.4 Å². The Hall–Kier alpha value is -1.46. The van der Waals surface area contributed by atoms with Crippen LogP contribution in [0.25, 0.3) is 0 Å². The molecule has 2 fully saturated rings. The molecular weight excluding hydrogens is 304 g/mol. The molecule has 0 atom stereocenters. The molecular formula is C16H19ClN2O3. The summed E-state index contributed by atoms with van der Waals surface area (Å²) < 4.78 is 11.5. The summed E-state index contributed by atoms with van der Waals surface area (Å²) in [5.74, 6) is 0.754. The van der Waals surface area contributed by atoms with Gasteiger partial charge < -0.3 is 19.7 Å². The summed E-state index contributed by atoms with van der Waals surface area (Å²) in [4.78, 5) is 14.4. The second-order valence-corrected chi connectivity index (χ2v) is 6.71. The third-order valence-corrected chi connectivity index (χ3v) is 5.01. The lowest BCUT2D eigenvalue weighted by atomic mass is 9.79. The molecule has 2 amide bonds. The summed E-state index contributed by atoms with van der Waals surface area (Å²) in [5, 5.41) is 3.58. The van der Waals surface area contributed by atoms with E-state index in [0.29, 0.717) is 37.0 Å². The monoisotopic (exact) mass is 322 g/mol. The van der Waals surface area contributed by atoms with Gasteiger partial charge in [-0.1, -0.05) is 11.6 Å². The minimum Gasteiger partial charge on any atom is -0.491 e. The number of carbonyl (C=O) groups excluding carboxylic acids is 1. The smallest absolute Gasteiger partial charge is 0.322 e. The van der Waals surface area contributed by atoms with E-state index in [1.165, 1.54) is 6.42 Å². The molecule has 2 heterocycles. The Bertz CT molecular complexity index is 616. The molecule has 1 aromatic carbocycles. The van der Waals surface area contributed by atoms with E-state index in [4.69, 9.17) is 21.1 Å². The van der Waals surface area contributed by atoms with Crippen LogP contribution in [0.3, 0.4) is 0 Å². The SMILES string of the molecule is O=C(Nc1cc(Cl)cc2c1OCC2)N1CCOC2(CCC2)C1. The highest BCUT2D eigenvalue weighted by molar-refractivity contribution is 6.31. The van der Waals surface area contributed by atoms with Crippen molar-refractivity contribution in [1.82, 2.24) is 4.90 Å². The molecule has 118 valence electrons. The normalized spacial score (nSPS) is 22.0. The maximum absolute atomic E-state index is 12.6. The first-order valence-corrected chi connectivity index (χ1v) is 8.18. The number of rotatable bonds is 1. The predicted octanol–water partition coefficient (Wildman–Crippen LogP) is 3.06. The van der Waals surface area contributed by atoms with Crippen molar-refractivity contribution < 1.29 is 14.3 Å². The number of amides is 2. The zero-order valence-corrected chi connectivity index (χ0v) is 13.1. The summed E-state index contributed by atoms with van der Waals surface area (Å²) >= 11 is 6.13. The van der Waals surface area contributed by atoms with Crippen molar-refractivity contribution in [2.45, 2.75) is 31.3 Å². The summed E-state index contributed by atoms with van der Waals surface area (Å²) in [7, 11) is 0. The van der Waals surface area contributed by atoms with Gasteiger partial charge in [0.1, 0.15) is 5.75 Å². The Labute approximate surface area is 134 Å². The number of anilines is 1. The Kier molecular flexibility index (Phi) is 3.42. The second-order valence-electron chi connectivity index (χ2n) is 6.28. The quantitative estimate of drug-likeness (QED) is 0.864. The molecule has 4 rings (SSSR count). The second kappa shape index (κ2) is 5.32. The highest BCUT2D eigenvalue weighted by Gasteiger charge is 2.43. The van der Waals surface area contributed by atoms with Gasteiger partial charge in [-0.2, -0.15) is 0 Å². The number of nitrogens with one attached hydrogen (secondary N) is 1. The molecule has 1 aromatic rings. The lowest BCUT2D eigenvalue weighted by Crippen LogP contribution is -2.57. The first-order chi connectivity index (χ1) is 10.7. The van der Waals surface area contributed by atoms with Crippen LogP contribution in [0.2, 0.25) is 5.02 Å². The molecule has 1 saturated heterocycles. The van der Waals surface area contributed by atoms with Gasteiger partial charge >= 0.3 is 6.03 Å². The van der Waals surface area contributed by atoms with Gasteiger partial charge in [-0.15, -0.1) is 0 Å². The molecule has 22 heavy (non-hydrogen) atoms. The standard InChI is InChI=1S/C16H19ClN2O3/c17-12-8-11-2-6-21-14(11)13(9-12)18-15(20)19-5-7-22-16(10-19)3-1-4-16/h8-9H,1-7,10H2,(H,18,20). The molecule has 1 saturated carbocycles. The van der Waals surface area contributed by atoms with Crippen LogP contribution < -0.4 is 10.1 Å². The van der Waals surface area contributed by atoms with Crippen molar-refractivity contribution in [1.29, 1.82) is 0 Å². The van der Waals surface area contributed by atoms with Crippen molar-refractivity contribution in [2.75, 3.05) is 31.6 Å². The zero-order chi connectivity index (χ0) is 15.2. The Morgan fingerprint density at radius 2 is 2.18 bits per heavy atom. The molecule has 1 spiro atoms. The van der Waals surface area contributed by atoms with Crippen molar-refractivity contribution in [3.05, 3.63) is 22.7 Å². The first kappa shape index (κ1) is 14.2. The van der Waals surface area contributed by atoms with Crippen LogP contribution in [0, 0.1) is 0 Å². The number of halogens is 1. The highest BCUT2D eigenvalue weighted by Crippen LogP contribution is 2.39. The van der Waals surface area contributed by atoms with Gasteiger partial charge in [0, 0.05) is 23.6 Å². The molecule has 6 heteroatoms. The van der Waals surface area contributed by atoms with Crippen molar-refractivity contribution in [3.63, 3.8) is 0 Å². The van der Waals surface area contributed by atoms with Gasteiger partial charge in [0.15, 0.2) is 0 Å². The highest BCUT2D eigenvalue weighted by atomic mass is 35.5. The molecule has 0 unspecified atom stereocenters. The van der Waals surface area contributed by atoms with Gasteiger partial charge in [-0.25, -0.2) is 4.79 Å². The van der Waals surface area contributed by atoms with Crippen LogP contribution in [-0.2, 0) is 11.2 Å². The van der Waals surface area contributed by atoms with Crippen LogP contribution in [0.5, 0.6) is 5.75 Å². The van der Waals surface area contributed by atoms with Gasteiger partial charge in [0.2, 0.25) is 0 Å². The van der Waals surface area contributed by atoms with E-state index in [-0.39, 0.29) is 11.6 Å². The van der Waals surface area contributed by atoms with E-state index in [1.54, 1.807) is 6.07 Å². The van der Waals surface area contributed by atoms with Crippen LogP contribution in [0.4, 0.5) is 10.5 Å². The third-order valence-electron chi connectivity index (χ3n) is 4.79. The molecule has 0 bridgehead atoms. The third kappa shape index (κ3) is 2.42. The van der Waals surface area contributed by atoms with Crippen molar-refractivity contribution in [3.8, 4) is 5.75 Å². The fraction of sp³-hybridized carbons (Fsp3) is 0.562. The number of nitrogens with zero attached hydrogens (tertiary/aromatic N) is 1. The van der Waals surface area contributed by atoms with E-state index in [1.807, 2.05) is 11.0 Å². The molecule has 2 aliphatic heterocycles. The molecule has 0 aromatic heterocycles. The average molecular weight is 323 g/mol. The minimum atomic E-state index is -0.102. The number of ether oxygens (including phenoxy) is 2. The average Bonchev–Trinajstić information content (AvgIpc) is 2.94. The molecule has 0 radical (unpaired) electrons. The van der Waals surface area contributed by atoms with E-state index in [2.05, 4.69) is 5.32 Å². The summed E-state index contributed by atoms with van der Waals surface area (Å²) in [6.45, 7) is 2.54. The summed E-state index contributed by atoms with van der Waals surface area (Å²) in [5.41, 5.74) is 1.63. The van der Waals surface area contributed by atoms with E-state index in [9.17, 15) is 4.79 Å². The van der Waals surface area contributed by atoms with Crippen LogP contribution in [0.1, 0.15) is 24.8 Å². The number of urea groups is 1. The fourth-order valence-corrected chi connectivity index (χ4v) is 3.69. The van der Waals surface area contributed by atoms with Crippen molar-refractivity contribution in [2.24, 2.45) is 0 Å². The van der Waals surface area contributed by atoms with E-state index in [0.717, 1.165) is 30.6 Å². The van der Waals surface area contributed by atoms with Crippen LogP contribution >= 0.6 is 11.6 Å². The summed E-state index contributed by atoms with van der Waals surface area (Å²) in [6, 6.07) is 3.55.